The first-order valence-corrected chi connectivity index (χ1v) is 5.66. The van der Waals surface area contributed by atoms with Crippen LogP contribution in [0.15, 0.2) is 0 Å². The third-order valence-corrected chi connectivity index (χ3v) is 2.65. The Balaban J connectivity index is 2.29. The maximum Gasteiger partial charge on any atom is 0.306 e. The molecule has 2 unspecified atom stereocenters. The summed E-state index contributed by atoms with van der Waals surface area (Å²) in [6, 6.07) is 0. The highest BCUT2D eigenvalue weighted by molar-refractivity contribution is 5.67. The Bertz CT molecular complexity index is 222. The molecule has 0 aromatic heterocycles. The van der Waals surface area contributed by atoms with Gasteiger partial charge in [0.1, 0.15) is 0 Å². The molecule has 1 fully saturated rings. The van der Waals surface area contributed by atoms with Crippen LogP contribution in [0.5, 0.6) is 0 Å². The van der Waals surface area contributed by atoms with Crippen LogP contribution in [0, 0.1) is 5.92 Å². The number of hydrogen-bond donors (Lipinski definition) is 1. The van der Waals surface area contributed by atoms with E-state index in [1.54, 1.807) is 7.11 Å². The van der Waals surface area contributed by atoms with Gasteiger partial charge in [-0.2, -0.15) is 0 Å². The third-order valence-electron chi connectivity index (χ3n) is 2.65. The van der Waals surface area contributed by atoms with Gasteiger partial charge in [0.05, 0.1) is 19.1 Å². The maximum atomic E-state index is 10.6. The molecule has 0 aliphatic carbocycles. The average Bonchev–Trinajstić information content (AvgIpc) is 2.17. The largest absolute Gasteiger partial charge is 0.481 e. The number of hydrogen-bond acceptors (Lipinski definition) is 4. The number of rotatable bonds is 6. The number of carbonyl (C=O) groups is 1. The molecule has 5 nitrogen and oxygen atoms in total. The lowest BCUT2D eigenvalue weighted by Gasteiger charge is -2.33. The highest BCUT2D eigenvalue weighted by atomic mass is 16.5. The van der Waals surface area contributed by atoms with Crippen LogP contribution in [-0.4, -0.2) is 62.0 Å². The molecule has 1 saturated heterocycles. The van der Waals surface area contributed by atoms with Crippen LogP contribution in [-0.2, 0) is 14.3 Å². The predicted molar refractivity (Wildman–Crippen MR) is 59.5 cm³/mol. The van der Waals surface area contributed by atoms with Gasteiger partial charge in [-0.15, -0.1) is 0 Å². The molecule has 0 spiro atoms. The van der Waals surface area contributed by atoms with E-state index in [2.05, 4.69) is 11.8 Å². The van der Waals surface area contributed by atoms with Crippen LogP contribution in [0.1, 0.15) is 13.3 Å². The zero-order valence-corrected chi connectivity index (χ0v) is 10.0. The fourth-order valence-electron chi connectivity index (χ4n) is 2.04. The summed E-state index contributed by atoms with van der Waals surface area (Å²) in [6.07, 6.45) is -0.0733. The minimum absolute atomic E-state index is 0.0924. The van der Waals surface area contributed by atoms with Gasteiger partial charge in [0.15, 0.2) is 0 Å². The maximum absolute atomic E-state index is 10.6. The molecule has 1 heterocycles. The smallest absolute Gasteiger partial charge is 0.306 e. The highest BCUT2D eigenvalue weighted by Crippen LogP contribution is 2.10. The van der Waals surface area contributed by atoms with Gasteiger partial charge in [-0.1, -0.05) is 6.92 Å². The van der Waals surface area contributed by atoms with Gasteiger partial charge in [0.2, 0.25) is 0 Å². The van der Waals surface area contributed by atoms with Crippen LogP contribution in [0.3, 0.4) is 0 Å². The van der Waals surface area contributed by atoms with Crippen molar-refractivity contribution in [1.82, 2.24) is 4.90 Å². The Morgan fingerprint density at radius 3 is 3.06 bits per heavy atom. The number of ether oxygens (including phenoxy) is 2. The summed E-state index contributed by atoms with van der Waals surface area (Å²) < 4.78 is 10.5. The van der Waals surface area contributed by atoms with Crippen LogP contribution < -0.4 is 0 Å². The van der Waals surface area contributed by atoms with E-state index in [4.69, 9.17) is 14.6 Å². The summed E-state index contributed by atoms with van der Waals surface area (Å²) in [5.41, 5.74) is 0. The fraction of sp³-hybridized carbons (Fsp3) is 0.909. The van der Waals surface area contributed by atoms with Crippen molar-refractivity contribution < 1.29 is 19.4 Å². The van der Waals surface area contributed by atoms with Gasteiger partial charge in [-0.3, -0.25) is 9.69 Å². The van der Waals surface area contributed by atoms with Crippen LogP contribution in [0.2, 0.25) is 0 Å². The van der Waals surface area contributed by atoms with Crippen molar-refractivity contribution in [3.63, 3.8) is 0 Å². The Morgan fingerprint density at radius 2 is 2.44 bits per heavy atom. The molecule has 1 aliphatic rings. The van der Waals surface area contributed by atoms with E-state index in [9.17, 15) is 4.79 Å². The van der Waals surface area contributed by atoms with E-state index in [0.29, 0.717) is 19.1 Å². The topological polar surface area (TPSA) is 59.0 Å². The highest BCUT2D eigenvalue weighted by Gasteiger charge is 2.23. The second-order valence-electron chi connectivity index (χ2n) is 4.41. The van der Waals surface area contributed by atoms with Crippen molar-refractivity contribution in [3.05, 3.63) is 0 Å². The summed E-state index contributed by atoms with van der Waals surface area (Å²) in [5.74, 6) is -0.328. The van der Waals surface area contributed by atoms with Crippen molar-refractivity contribution in [2.45, 2.75) is 19.4 Å². The van der Waals surface area contributed by atoms with Crippen molar-refractivity contribution >= 4 is 5.97 Å². The van der Waals surface area contributed by atoms with Gasteiger partial charge in [0, 0.05) is 33.4 Å². The Hall–Kier alpha value is -0.650. The normalized spacial score (nSPS) is 24.2. The van der Waals surface area contributed by atoms with Gasteiger partial charge < -0.3 is 14.6 Å². The number of methoxy groups -OCH3 is 1. The molecule has 0 radical (unpaired) electrons. The van der Waals surface area contributed by atoms with Gasteiger partial charge >= 0.3 is 5.97 Å². The van der Waals surface area contributed by atoms with Crippen LogP contribution >= 0.6 is 0 Å². The standard InChI is InChI=1S/C11H21NO4/c1-9(8-15-2)6-12-3-4-16-10(7-12)5-11(13)14/h9-10H,3-8H2,1-2H3,(H,13,14). The van der Waals surface area contributed by atoms with E-state index >= 15 is 0 Å². The van der Waals surface area contributed by atoms with Gasteiger partial charge in [0.25, 0.3) is 0 Å². The van der Waals surface area contributed by atoms with E-state index in [1.807, 2.05) is 0 Å². The molecule has 1 aliphatic heterocycles. The Morgan fingerprint density at radius 1 is 1.69 bits per heavy atom. The zero-order valence-electron chi connectivity index (χ0n) is 10.0. The van der Waals surface area contributed by atoms with Gasteiger partial charge in [-0.25, -0.2) is 0 Å². The number of carboxylic acids is 1. The predicted octanol–water partition coefficient (Wildman–Crippen LogP) is 0.444. The van der Waals surface area contributed by atoms with E-state index in [1.165, 1.54) is 0 Å². The van der Waals surface area contributed by atoms with E-state index < -0.39 is 5.97 Å². The zero-order chi connectivity index (χ0) is 12.0. The molecule has 5 heteroatoms. The quantitative estimate of drug-likeness (QED) is 0.719. The molecule has 1 N–H and O–H groups in total. The lowest BCUT2D eigenvalue weighted by molar-refractivity contribution is -0.142. The van der Waals surface area contributed by atoms with Crippen molar-refractivity contribution in [3.8, 4) is 0 Å². The molecule has 0 aromatic carbocycles. The van der Waals surface area contributed by atoms with Crippen molar-refractivity contribution in [1.29, 1.82) is 0 Å². The number of carboxylic acid groups (broad SMARTS) is 1. The molecule has 0 aromatic rings. The lowest BCUT2D eigenvalue weighted by atomic mass is 10.1. The monoisotopic (exact) mass is 231 g/mol. The Labute approximate surface area is 96.3 Å². The fourth-order valence-corrected chi connectivity index (χ4v) is 2.04. The molecular formula is C11H21NO4. The first-order chi connectivity index (χ1) is 7.61. The van der Waals surface area contributed by atoms with Crippen LogP contribution in [0.4, 0.5) is 0 Å². The van der Waals surface area contributed by atoms with E-state index in [0.717, 1.165) is 19.7 Å². The molecule has 0 amide bonds. The summed E-state index contributed by atoms with van der Waals surface area (Å²) in [6.45, 7) is 6.02. The summed E-state index contributed by atoms with van der Waals surface area (Å²) in [7, 11) is 1.70. The summed E-state index contributed by atoms with van der Waals surface area (Å²) in [5, 5.41) is 8.70. The molecule has 1 rings (SSSR count). The number of morpholine rings is 1. The SMILES string of the molecule is COCC(C)CN1CCOC(CC(=O)O)C1. The molecule has 94 valence electrons. The number of aliphatic carboxylic acids is 1. The summed E-state index contributed by atoms with van der Waals surface area (Å²) >= 11 is 0. The molecule has 0 bridgehead atoms. The second kappa shape index (κ2) is 6.83. The first-order valence-electron chi connectivity index (χ1n) is 5.66. The molecule has 2 atom stereocenters. The first kappa shape index (κ1) is 13.4. The minimum atomic E-state index is -0.795. The number of nitrogens with zero attached hydrogens (tertiary/aromatic N) is 1. The molecule has 0 saturated carbocycles. The lowest BCUT2D eigenvalue weighted by Crippen LogP contribution is -2.45. The summed E-state index contributed by atoms with van der Waals surface area (Å²) in [4.78, 5) is 12.8. The van der Waals surface area contributed by atoms with Gasteiger partial charge in [-0.05, 0) is 5.92 Å². The third kappa shape index (κ3) is 4.92. The van der Waals surface area contributed by atoms with Crippen LogP contribution in [0.25, 0.3) is 0 Å². The average molecular weight is 231 g/mol. The van der Waals surface area contributed by atoms with Crippen molar-refractivity contribution in [2.75, 3.05) is 40.0 Å². The molecule has 16 heavy (non-hydrogen) atoms. The Kier molecular flexibility index (Phi) is 5.73. The molecular weight excluding hydrogens is 210 g/mol. The van der Waals surface area contributed by atoms with Crippen molar-refractivity contribution in [2.24, 2.45) is 5.92 Å². The minimum Gasteiger partial charge on any atom is -0.481 e. The second-order valence-corrected chi connectivity index (χ2v) is 4.41. The van der Waals surface area contributed by atoms with E-state index in [-0.39, 0.29) is 12.5 Å².